The molecule has 0 spiro atoms. The standard InChI is InChI=1S/C21H21NO2/c1-13-5-4-6-16(11-13)9-10-22-19-18(20(23)21(19)24)17-8-7-14(2)15(3)12-17/h4-8,11-12,22H,9-10H2,1-3H3. The molecule has 3 nitrogen and oxygen atoms in total. The maximum absolute atomic E-state index is 12.0. The highest BCUT2D eigenvalue weighted by Gasteiger charge is 2.22. The zero-order valence-corrected chi connectivity index (χ0v) is 14.3. The molecule has 3 aromatic rings. The van der Waals surface area contributed by atoms with Crippen molar-refractivity contribution in [3.8, 4) is 11.1 Å². The van der Waals surface area contributed by atoms with E-state index >= 15 is 0 Å². The van der Waals surface area contributed by atoms with Crippen LogP contribution in [0.4, 0.5) is 5.69 Å². The van der Waals surface area contributed by atoms with Gasteiger partial charge >= 0.3 is 0 Å². The first-order chi connectivity index (χ1) is 11.5. The molecule has 0 heterocycles. The Hall–Kier alpha value is -2.68. The Balaban J connectivity index is 1.77. The summed E-state index contributed by atoms with van der Waals surface area (Å²) in [5, 5.41) is 3.16. The van der Waals surface area contributed by atoms with Crippen LogP contribution in [0, 0.1) is 20.8 Å². The average molecular weight is 319 g/mol. The Labute approximate surface area is 141 Å². The minimum Gasteiger partial charge on any atom is -0.381 e. The van der Waals surface area contributed by atoms with Crippen molar-refractivity contribution in [3.63, 3.8) is 0 Å². The van der Waals surface area contributed by atoms with Gasteiger partial charge in [-0.25, -0.2) is 0 Å². The van der Waals surface area contributed by atoms with Crippen LogP contribution in [-0.4, -0.2) is 6.54 Å². The van der Waals surface area contributed by atoms with Gasteiger partial charge in [-0.2, -0.15) is 0 Å². The van der Waals surface area contributed by atoms with E-state index in [-0.39, 0.29) is 0 Å². The SMILES string of the molecule is Cc1cccc(CCNc2c(-c3ccc(C)c(C)c3)c(=O)c2=O)c1. The number of aryl methyl sites for hydroxylation is 3. The van der Waals surface area contributed by atoms with Gasteiger partial charge in [0.05, 0.1) is 11.3 Å². The molecule has 0 radical (unpaired) electrons. The Morgan fingerprint density at radius 2 is 1.67 bits per heavy atom. The normalized spacial score (nSPS) is 11.0. The number of anilines is 1. The zero-order valence-electron chi connectivity index (χ0n) is 14.3. The largest absolute Gasteiger partial charge is 0.381 e. The molecule has 0 aliphatic rings. The van der Waals surface area contributed by atoms with Gasteiger partial charge in [0.25, 0.3) is 0 Å². The lowest BCUT2D eigenvalue weighted by atomic mass is 9.95. The van der Waals surface area contributed by atoms with E-state index in [0.29, 0.717) is 17.8 Å². The Morgan fingerprint density at radius 3 is 2.38 bits per heavy atom. The Kier molecular flexibility index (Phi) is 4.34. The molecule has 0 aliphatic heterocycles. The minimum atomic E-state index is -0.410. The van der Waals surface area contributed by atoms with E-state index in [4.69, 9.17) is 0 Å². The molecule has 3 rings (SSSR count). The van der Waals surface area contributed by atoms with Gasteiger partial charge in [-0.05, 0) is 49.4 Å². The van der Waals surface area contributed by atoms with Crippen molar-refractivity contribution in [2.45, 2.75) is 27.2 Å². The monoisotopic (exact) mass is 319 g/mol. The molecule has 0 saturated carbocycles. The lowest BCUT2D eigenvalue weighted by Gasteiger charge is -2.14. The molecule has 3 aromatic carbocycles. The predicted octanol–water partition coefficient (Wildman–Crippen LogP) is 3.53. The third kappa shape index (κ3) is 3.02. The van der Waals surface area contributed by atoms with Crippen LogP contribution in [0.3, 0.4) is 0 Å². The molecule has 0 aliphatic carbocycles. The van der Waals surface area contributed by atoms with Gasteiger partial charge in [0.1, 0.15) is 0 Å². The number of benzene rings is 2. The number of hydrogen-bond donors (Lipinski definition) is 1. The summed E-state index contributed by atoms with van der Waals surface area (Å²) in [4.78, 5) is 23.9. The molecule has 122 valence electrons. The van der Waals surface area contributed by atoms with Gasteiger partial charge in [0.2, 0.25) is 10.9 Å². The molecule has 0 fully saturated rings. The molecule has 24 heavy (non-hydrogen) atoms. The number of nitrogens with one attached hydrogen (secondary N) is 1. The molecule has 0 unspecified atom stereocenters. The van der Waals surface area contributed by atoms with Crippen molar-refractivity contribution < 1.29 is 0 Å². The third-order valence-corrected chi connectivity index (χ3v) is 4.50. The molecule has 0 bridgehead atoms. The molecule has 0 saturated heterocycles. The van der Waals surface area contributed by atoms with E-state index in [1.165, 1.54) is 16.7 Å². The average Bonchev–Trinajstić information content (AvgIpc) is 2.56. The van der Waals surface area contributed by atoms with Crippen molar-refractivity contribution in [1.82, 2.24) is 0 Å². The topological polar surface area (TPSA) is 46.2 Å². The van der Waals surface area contributed by atoms with Crippen LogP contribution in [0.5, 0.6) is 0 Å². The van der Waals surface area contributed by atoms with Crippen molar-refractivity contribution in [1.29, 1.82) is 0 Å². The molecule has 0 amide bonds. The molecule has 1 N–H and O–H groups in total. The first-order valence-corrected chi connectivity index (χ1v) is 8.17. The van der Waals surface area contributed by atoms with E-state index in [0.717, 1.165) is 17.5 Å². The first-order valence-electron chi connectivity index (χ1n) is 8.17. The first kappa shape index (κ1) is 16.2. The van der Waals surface area contributed by atoms with Gasteiger partial charge in [-0.1, -0.05) is 48.0 Å². The van der Waals surface area contributed by atoms with E-state index in [1.54, 1.807) is 0 Å². The van der Waals surface area contributed by atoms with E-state index in [1.807, 2.05) is 38.1 Å². The second kappa shape index (κ2) is 6.44. The summed E-state index contributed by atoms with van der Waals surface area (Å²) < 4.78 is 0. The van der Waals surface area contributed by atoms with Gasteiger partial charge in [-0.15, -0.1) is 0 Å². The summed E-state index contributed by atoms with van der Waals surface area (Å²) in [6.07, 6.45) is 0.812. The van der Waals surface area contributed by atoms with Crippen LogP contribution in [0.15, 0.2) is 52.1 Å². The summed E-state index contributed by atoms with van der Waals surface area (Å²) in [7, 11) is 0. The van der Waals surface area contributed by atoms with Gasteiger partial charge in [-0.3, -0.25) is 9.59 Å². The van der Waals surface area contributed by atoms with Crippen molar-refractivity contribution in [2.75, 3.05) is 11.9 Å². The Morgan fingerprint density at radius 1 is 0.875 bits per heavy atom. The van der Waals surface area contributed by atoms with E-state index in [9.17, 15) is 9.59 Å². The van der Waals surface area contributed by atoms with Crippen molar-refractivity contribution >= 4 is 5.69 Å². The highest BCUT2D eigenvalue weighted by atomic mass is 16.2. The summed E-state index contributed by atoms with van der Waals surface area (Å²) in [5.41, 5.74) is 5.72. The van der Waals surface area contributed by atoms with Crippen LogP contribution in [0.1, 0.15) is 22.3 Å². The fourth-order valence-corrected chi connectivity index (χ4v) is 2.93. The number of hydrogen-bond acceptors (Lipinski definition) is 3. The van der Waals surface area contributed by atoms with Crippen LogP contribution < -0.4 is 16.2 Å². The molecule has 0 aromatic heterocycles. The molecule has 3 heteroatoms. The van der Waals surface area contributed by atoms with Crippen LogP contribution in [-0.2, 0) is 6.42 Å². The zero-order chi connectivity index (χ0) is 17.3. The highest BCUT2D eigenvalue weighted by molar-refractivity contribution is 5.82. The smallest absolute Gasteiger partial charge is 0.250 e. The fraction of sp³-hybridized carbons (Fsp3) is 0.238. The number of rotatable bonds is 5. The molecular formula is C21H21NO2. The van der Waals surface area contributed by atoms with Crippen LogP contribution in [0.2, 0.25) is 0 Å². The second-order valence-corrected chi connectivity index (χ2v) is 6.37. The summed E-state index contributed by atoms with van der Waals surface area (Å²) in [6, 6.07) is 14.2. The minimum absolute atomic E-state index is 0.392. The highest BCUT2D eigenvalue weighted by Crippen LogP contribution is 2.25. The second-order valence-electron chi connectivity index (χ2n) is 6.37. The Bertz CT molecular complexity index is 962. The molecule has 0 atom stereocenters. The van der Waals surface area contributed by atoms with Crippen molar-refractivity contribution in [2.24, 2.45) is 0 Å². The van der Waals surface area contributed by atoms with Crippen LogP contribution in [0.25, 0.3) is 11.1 Å². The van der Waals surface area contributed by atoms with Gasteiger partial charge < -0.3 is 5.32 Å². The maximum Gasteiger partial charge on any atom is 0.250 e. The lowest BCUT2D eigenvalue weighted by molar-refractivity contribution is 1.01. The predicted molar refractivity (Wildman–Crippen MR) is 99.6 cm³/mol. The molecular weight excluding hydrogens is 298 g/mol. The van der Waals surface area contributed by atoms with E-state index < -0.39 is 10.9 Å². The fourth-order valence-electron chi connectivity index (χ4n) is 2.93. The van der Waals surface area contributed by atoms with Crippen LogP contribution >= 0.6 is 0 Å². The summed E-state index contributed by atoms with van der Waals surface area (Å²) >= 11 is 0. The van der Waals surface area contributed by atoms with E-state index in [2.05, 4.69) is 30.4 Å². The van der Waals surface area contributed by atoms with Gasteiger partial charge in [0.15, 0.2) is 0 Å². The van der Waals surface area contributed by atoms with Gasteiger partial charge in [0, 0.05) is 6.54 Å². The maximum atomic E-state index is 12.0. The summed E-state index contributed by atoms with van der Waals surface area (Å²) in [5.74, 6) is 0. The quantitative estimate of drug-likeness (QED) is 0.732. The lowest BCUT2D eigenvalue weighted by Crippen LogP contribution is -2.36. The third-order valence-electron chi connectivity index (χ3n) is 4.50. The summed E-state index contributed by atoms with van der Waals surface area (Å²) in [6.45, 7) is 6.73. The van der Waals surface area contributed by atoms with Crippen molar-refractivity contribution in [3.05, 3.63) is 85.2 Å².